The van der Waals surface area contributed by atoms with E-state index in [1.165, 1.54) is 19.2 Å². The minimum Gasteiger partial charge on any atom is -0.504 e. The van der Waals surface area contributed by atoms with Crippen LogP contribution in [0.1, 0.15) is 22.3 Å². The van der Waals surface area contributed by atoms with Gasteiger partial charge in [-0.2, -0.15) is 0 Å². The van der Waals surface area contributed by atoms with Gasteiger partial charge in [-0.1, -0.05) is 11.8 Å². The summed E-state index contributed by atoms with van der Waals surface area (Å²) in [5, 5.41) is 18.0. The predicted octanol–water partition coefficient (Wildman–Crippen LogP) is 0.947. The fraction of sp³-hybridized carbons (Fsp3) is 0.250. The van der Waals surface area contributed by atoms with Crippen LogP contribution in [0.2, 0.25) is 0 Å². The Bertz CT molecular complexity index is 440. The zero-order valence-electron chi connectivity index (χ0n) is 8.86. The Morgan fingerprint density at radius 1 is 1.50 bits per heavy atom. The van der Waals surface area contributed by atoms with Crippen molar-refractivity contribution >= 4 is 6.29 Å². The molecule has 0 heterocycles. The molecule has 0 atom stereocenters. The maximum atomic E-state index is 10.7. The fourth-order valence-electron chi connectivity index (χ4n) is 1.17. The average molecular weight is 220 g/mol. The maximum absolute atomic E-state index is 10.7. The highest BCUT2D eigenvalue weighted by atomic mass is 16.5. The smallest absolute Gasteiger partial charge is 0.161 e. The molecule has 0 aliphatic heterocycles. The lowest BCUT2D eigenvalue weighted by Gasteiger charge is -2.05. The van der Waals surface area contributed by atoms with Crippen LogP contribution in [0.4, 0.5) is 0 Å². The van der Waals surface area contributed by atoms with Gasteiger partial charge in [0.05, 0.1) is 13.7 Å². The first kappa shape index (κ1) is 12.1. The lowest BCUT2D eigenvalue weighted by molar-refractivity contribution is 0.112. The Kier molecular flexibility index (Phi) is 4.37. The molecule has 0 bridgehead atoms. The van der Waals surface area contributed by atoms with Crippen molar-refractivity contribution in [3.8, 4) is 23.3 Å². The molecule has 0 saturated heterocycles. The van der Waals surface area contributed by atoms with E-state index in [2.05, 4.69) is 11.8 Å². The number of phenolic OH excluding ortho intramolecular Hbond substituents is 1. The average Bonchev–Trinajstić information content (AvgIpc) is 2.30. The Morgan fingerprint density at radius 3 is 2.81 bits per heavy atom. The second-order valence-corrected chi connectivity index (χ2v) is 3.00. The van der Waals surface area contributed by atoms with Crippen LogP contribution in [0.5, 0.6) is 11.5 Å². The van der Waals surface area contributed by atoms with E-state index in [1.807, 2.05) is 0 Å². The van der Waals surface area contributed by atoms with Gasteiger partial charge in [0.15, 0.2) is 17.8 Å². The number of aldehydes is 1. The van der Waals surface area contributed by atoms with Crippen LogP contribution in [0, 0.1) is 11.8 Å². The Morgan fingerprint density at radius 2 is 2.25 bits per heavy atom. The summed E-state index contributed by atoms with van der Waals surface area (Å²) in [5.41, 5.74) is 0.766. The number of benzene rings is 1. The topological polar surface area (TPSA) is 66.8 Å². The molecule has 0 aliphatic rings. The Balaban J connectivity index is 3.16. The summed E-state index contributed by atoms with van der Waals surface area (Å²) >= 11 is 0. The van der Waals surface area contributed by atoms with Gasteiger partial charge in [-0.3, -0.25) is 4.79 Å². The van der Waals surface area contributed by atoms with Gasteiger partial charge >= 0.3 is 0 Å². The molecule has 0 amide bonds. The first-order valence-corrected chi connectivity index (χ1v) is 4.68. The lowest BCUT2D eigenvalue weighted by Crippen LogP contribution is -1.91. The summed E-state index contributed by atoms with van der Waals surface area (Å²) in [7, 11) is 1.42. The van der Waals surface area contributed by atoms with Crippen molar-refractivity contribution in [2.75, 3.05) is 13.7 Å². The highest BCUT2D eigenvalue weighted by molar-refractivity contribution is 5.81. The Hall–Kier alpha value is -1.99. The van der Waals surface area contributed by atoms with E-state index < -0.39 is 0 Å². The van der Waals surface area contributed by atoms with Gasteiger partial charge in [-0.15, -0.1) is 0 Å². The summed E-state index contributed by atoms with van der Waals surface area (Å²) in [5.74, 6) is 5.60. The molecule has 0 unspecified atom stereocenters. The number of phenols is 1. The molecule has 0 aromatic heterocycles. The number of ether oxygens (including phenoxy) is 1. The molecule has 0 spiro atoms. The first-order chi connectivity index (χ1) is 7.72. The number of rotatable bonds is 3. The van der Waals surface area contributed by atoms with E-state index in [0.717, 1.165) is 0 Å². The third-order valence-electron chi connectivity index (χ3n) is 1.94. The number of hydrogen-bond acceptors (Lipinski definition) is 4. The number of aromatic hydroxyl groups is 1. The van der Waals surface area contributed by atoms with Crippen LogP contribution in [-0.2, 0) is 0 Å². The van der Waals surface area contributed by atoms with Crippen LogP contribution >= 0.6 is 0 Å². The number of hydrogen-bond donors (Lipinski definition) is 2. The van der Waals surface area contributed by atoms with E-state index in [4.69, 9.17) is 9.84 Å². The highest BCUT2D eigenvalue weighted by Gasteiger charge is 2.07. The summed E-state index contributed by atoms with van der Waals surface area (Å²) in [6.45, 7) is -0.0291. The minimum atomic E-state index is -0.0997. The third kappa shape index (κ3) is 2.75. The fourth-order valence-corrected chi connectivity index (χ4v) is 1.17. The zero-order chi connectivity index (χ0) is 12.0. The second kappa shape index (κ2) is 5.79. The molecule has 0 saturated carbocycles. The van der Waals surface area contributed by atoms with Crippen LogP contribution in [0.15, 0.2) is 12.1 Å². The van der Waals surface area contributed by atoms with E-state index >= 15 is 0 Å². The molecule has 0 aliphatic carbocycles. The van der Waals surface area contributed by atoms with Gasteiger partial charge in [0, 0.05) is 23.6 Å². The van der Waals surface area contributed by atoms with Crippen LogP contribution in [-0.4, -0.2) is 30.2 Å². The monoisotopic (exact) mass is 220 g/mol. The molecule has 4 heteroatoms. The number of aliphatic hydroxyl groups excluding tert-OH is 1. The number of carbonyl (C=O) groups excluding carboxylic acids is 1. The lowest BCUT2D eigenvalue weighted by atomic mass is 10.1. The van der Waals surface area contributed by atoms with Crippen molar-refractivity contribution in [3.63, 3.8) is 0 Å². The van der Waals surface area contributed by atoms with Crippen molar-refractivity contribution in [3.05, 3.63) is 23.3 Å². The van der Waals surface area contributed by atoms with Crippen molar-refractivity contribution in [1.29, 1.82) is 0 Å². The summed E-state index contributed by atoms with van der Waals surface area (Å²) in [6.07, 6.45) is 0.948. The minimum absolute atomic E-state index is 0.0291. The molecule has 4 nitrogen and oxygen atoms in total. The van der Waals surface area contributed by atoms with E-state index in [-0.39, 0.29) is 18.1 Å². The van der Waals surface area contributed by atoms with Crippen molar-refractivity contribution in [2.45, 2.75) is 6.42 Å². The zero-order valence-corrected chi connectivity index (χ0v) is 8.86. The molecule has 84 valence electrons. The number of methoxy groups -OCH3 is 1. The van der Waals surface area contributed by atoms with Gasteiger partial charge in [-0.25, -0.2) is 0 Å². The van der Waals surface area contributed by atoms with E-state index in [1.54, 1.807) is 0 Å². The second-order valence-electron chi connectivity index (χ2n) is 3.00. The maximum Gasteiger partial charge on any atom is 0.161 e. The van der Waals surface area contributed by atoms with Crippen molar-refractivity contribution in [1.82, 2.24) is 0 Å². The molecular weight excluding hydrogens is 208 g/mol. The number of aliphatic hydroxyl groups is 1. The van der Waals surface area contributed by atoms with Crippen LogP contribution < -0.4 is 4.74 Å². The van der Waals surface area contributed by atoms with Gasteiger partial charge < -0.3 is 14.9 Å². The quantitative estimate of drug-likeness (QED) is 0.588. The number of carbonyl (C=O) groups is 1. The summed E-state index contributed by atoms with van der Waals surface area (Å²) < 4.78 is 4.91. The van der Waals surface area contributed by atoms with Crippen LogP contribution in [0.25, 0.3) is 0 Å². The van der Waals surface area contributed by atoms with E-state index in [9.17, 15) is 9.90 Å². The molecule has 1 rings (SSSR count). The van der Waals surface area contributed by atoms with Crippen molar-refractivity contribution in [2.24, 2.45) is 0 Å². The van der Waals surface area contributed by atoms with Gasteiger partial charge in [-0.05, 0) is 6.07 Å². The standard InChI is InChI=1S/C12H12O4/c1-16-12-7-9(4-2-3-5-13)10(8-14)6-11(12)15/h6-8,13,15H,3,5H2,1H3. The summed E-state index contributed by atoms with van der Waals surface area (Å²) in [6, 6.07) is 2.79. The molecule has 16 heavy (non-hydrogen) atoms. The first-order valence-electron chi connectivity index (χ1n) is 4.68. The van der Waals surface area contributed by atoms with Gasteiger partial charge in [0.2, 0.25) is 0 Å². The molecule has 1 aromatic rings. The van der Waals surface area contributed by atoms with Crippen molar-refractivity contribution < 1.29 is 19.7 Å². The highest BCUT2D eigenvalue weighted by Crippen LogP contribution is 2.28. The largest absolute Gasteiger partial charge is 0.504 e. The molecular formula is C12H12O4. The van der Waals surface area contributed by atoms with Gasteiger partial charge in [0.1, 0.15) is 0 Å². The van der Waals surface area contributed by atoms with Gasteiger partial charge in [0.25, 0.3) is 0 Å². The van der Waals surface area contributed by atoms with Crippen LogP contribution in [0.3, 0.4) is 0 Å². The molecule has 0 fully saturated rings. The molecule has 0 radical (unpaired) electrons. The molecule has 1 aromatic carbocycles. The SMILES string of the molecule is COc1cc(C#CCCO)c(C=O)cc1O. The summed E-state index contributed by atoms with van der Waals surface area (Å²) in [4.78, 5) is 10.7. The normalized spacial score (nSPS) is 9.12. The Labute approximate surface area is 93.5 Å². The predicted molar refractivity (Wildman–Crippen MR) is 58.6 cm³/mol. The van der Waals surface area contributed by atoms with E-state index in [0.29, 0.717) is 23.8 Å². The molecule has 2 N–H and O–H groups in total. The third-order valence-corrected chi connectivity index (χ3v) is 1.94.